The van der Waals surface area contributed by atoms with Crippen LogP contribution < -0.4 is 0 Å². The largest absolute Gasteiger partial charge is 0.507 e. The second kappa shape index (κ2) is 7.57. The van der Waals surface area contributed by atoms with Crippen molar-refractivity contribution in [3.05, 3.63) is 62.8 Å². The molecule has 2 atom stereocenters. The van der Waals surface area contributed by atoms with Crippen LogP contribution in [0.4, 0.5) is 0 Å². The summed E-state index contributed by atoms with van der Waals surface area (Å²) in [5, 5.41) is 13.4. The first-order chi connectivity index (χ1) is 13.8. The van der Waals surface area contributed by atoms with E-state index in [4.69, 9.17) is 21.1 Å². The zero-order chi connectivity index (χ0) is 20.8. The highest BCUT2D eigenvalue weighted by molar-refractivity contribution is 7.09. The van der Waals surface area contributed by atoms with Crippen molar-refractivity contribution in [2.24, 2.45) is 0 Å². The zero-order valence-corrected chi connectivity index (χ0v) is 17.5. The summed E-state index contributed by atoms with van der Waals surface area (Å²) in [5.41, 5.74) is 0.437. The monoisotopic (exact) mass is 433 g/mol. The van der Waals surface area contributed by atoms with Crippen LogP contribution in [0.2, 0.25) is 5.02 Å². The van der Waals surface area contributed by atoms with Crippen LogP contribution in [0.3, 0.4) is 0 Å². The first-order valence-corrected chi connectivity index (χ1v) is 10.4. The van der Waals surface area contributed by atoms with E-state index in [1.165, 1.54) is 16.2 Å². The Morgan fingerprint density at radius 2 is 2.00 bits per heavy atom. The molecule has 2 unspecified atom stereocenters. The summed E-state index contributed by atoms with van der Waals surface area (Å²) in [4.78, 5) is 28.2. The van der Waals surface area contributed by atoms with Crippen molar-refractivity contribution in [2.75, 3.05) is 6.61 Å². The maximum absolute atomic E-state index is 12.9. The molecular weight excluding hydrogens is 414 g/mol. The molecule has 0 saturated carbocycles. The Bertz CT molecular complexity index is 967. The van der Waals surface area contributed by atoms with Crippen LogP contribution in [0.25, 0.3) is 5.76 Å². The fraction of sp³-hybridized carbons (Fsp3) is 0.333. The SMILES string of the molecule is CC1(C)OCC(C2/C(=C(\O)c3ccc(Cl)cc3)C(=O)C(=O)N2Cc2cccs2)O1. The Morgan fingerprint density at radius 3 is 2.59 bits per heavy atom. The number of hydrogen-bond donors (Lipinski definition) is 1. The van der Waals surface area contributed by atoms with Gasteiger partial charge in [0.05, 0.1) is 24.8 Å². The second-order valence-corrected chi connectivity index (χ2v) is 8.89. The van der Waals surface area contributed by atoms with Gasteiger partial charge in [0, 0.05) is 15.5 Å². The lowest BCUT2D eigenvalue weighted by Crippen LogP contribution is -2.43. The van der Waals surface area contributed by atoms with Crippen molar-refractivity contribution < 1.29 is 24.2 Å². The van der Waals surface area contributed by atoms with Crippen LogP contribution in [-0.2, 0) is 25.6 Å². The number of benzene rings is 1. The Kier molecular flexibility index (Phi) is 5.25. The van der Waals surface area contributed by atoms with Gasteiger partial charge in [-0.15, -0.1) is 11.3 Å². The van der Waals surface area contributed by atoms with Crippen molar-refractivity contribution in [3.8, 4) is 0 Å². The number of Topliss-reactive ketones (excluding diaryl/α,β-unsaturated/α-hetero) is 1. The van der Waals surface area contributed by atoms with Gasteiger partial charge in [-0.1, -0.05) is 17.7 Å². The highest BCUT2D eigenvalue weighted by atomic mass is 35.5. The Labute approximate surface area is 177 Å². The molecule has 0 radical (unpaired) electrons. The lowest BCUT2D eigenvalue weighted by molar-refractivity contribution is -0.149. The van der Waals surface area contributed by atoms with E-state index in [0.29, 0.717) is 10.6 Å². The van der Waals surface area contributed by atoms with Crippen LogP contribution in [0.15, 0.2) is 47.4 Å². The van der Waals surface area contributed by atoms with Gasteiger partial charge >= 0.3 is 0 Å². The van der Waals surface area contributed by atoms with Crippen LogP contribution in [0, 0.1) is 0 Å². The summed E-state index contributed by atoms with van der Waals surface area (Å²) < 4.78 is 11.7. The molecule has 3 heterocycles. The molecule has 4 rings (SSSR count). The maximum atomic E-state index is 12.9. The third-order valence-electron chi connectivity index (χ3n) is 4.99. The van der Waals surface area contributed by atoms with Crippen molar-refractivity contribution in [2.45, 2.75) is 38.3 Å². The lowest BCUT2D eigenvalue weighted by Gasteiger charge is -2.29. The quantitative estimate of drug-likeness (QED) is 0.451. The van der Waals surface area contributed by atoms with E-state index in [1.807, 2.05) is 17.5 Å². The van der Waals surface area contributed by atoms with Crippen molar-refractivity contribution >= 4 is 40.4 Å². The number of rotatable bonds is 4. The minimum absolute atomic E-state index is 0.0279. The van der Waals surface area contributed by atoms with E-state index in [9.17, 15) is 14.7 Å². The fourth-order valence-corrected chi connectivity index (χ4v) is 4.50. The number of carbonyl (C=O) groups excluding carboxylic acids is 2. The topological polar surface area (TPSA) is 76.1 Å². The number of nitrogens with zero attached hydrogens (tertiary/aromatic N) is 1. The predicted molar refractivity (Wildman–Crippen MR) is 110 cm³/mol. The van der Waals surface area contributed by atoms with Crippen LogP contribution >= 0.6 is 22.9 Å². The first-order valence-electron chi connectivity index (χ1n) is 9.15. The molecule has 2 saturated heterocycles. The molecule has 0 aliphatic carbocycles. The van der Waals surface area contributed by atoms with E-state index >= 15 is 0 Å². The summed E-state index contributed by atoms with van der Waals surface area (Å²) in [7, 11) is 0. The molecule has 0 bridgehead atoms. The fourth-order valence-electron chi connectivity index (χ4n) is 3.67. The number of thiophene rings is 1. The normalized spacial score (nSPS) is 25.7. The lowest BCUT2D eigenvalue weighted by atomic mass is 9.97. The summed E-state index contributed by atoms with van der Waals surface area (Å²) >= 11 is 7.43. The molecule has 1 aromatic carbocycles. The number of aliphatic hydroxyl groups excluding tert-OH is 1. The van der Waals surface area contributed by atoms with E-state index in [2.05, 4.69) is 0 Å². The van der Waals surface area contributed by atoms with Gasteiger partial charge in [-0.3, -0.25) is 9.59 Å². The van der Waals surface area contributed by atoms with Gasteiger partial charge in [0.15, 0.2) is 5.79 Å². The van der Waals surface area contributed by atoms with E-state index < -0.39 is 29.6 Å². The number of carbonyl (C=O) groups is 2. The summed E-state index contributed by atoms with van der Waals surface area (Å²) in [5.74, 6) is -2.47. The molecule has 1 aromatic heterocycles. The minimum atomic E-state index is -0.838. The number of ketones is 1. The van der Waals surface area contributed by atoms with Gasteiger partial charge in [-0.2, -0.15) is 0 Å². The van der Waals surface area contributed by atoms with Gasteiger partial charge < -0.3 is 19.5 Å². The highest BCUT2D eigenvalue weighted by Gasteiger charge is 2.52. The van der Waals surface area contributed by atoms with Gasteiger partial charge in [0.1, 0.15) is 11.9 Å². The average Bonchev–Trinajstić information content (AvgIpc) is 3.37. The number of hydrogen-bond acceptors (Lipinski definition) is 6. The van der Waals surface area contributed by atoms with E-state index in [-0.39, 0.29) is 24.5 Å². The molecule has 152 valence electrons. The van der Waals surface area contributed by atoms with Crippen molar-refractivity contribution in [3.63, 3.8) is 0 Å². The van der Waals surface area contributed by atoms with E-state index in [1.54, 1.807) is 38.1 Å². The smallest absolute Gasteiger partial charge is 0.295 e. The number of aliphatic hydroxyl groups is 1. The predicted octanol–water partition coefficient (Wildman–Crippen LogP) is 3.80. The first kappa shape index (κ1) is 20.1. The Balaban J connectivity index is 1.79. The van der Waals surface area contributed by atoms with Gasteiger partial charge in [-0.05, 0) is 49.6 Å². The van der Waals surface area contributed by atoms with Crippen molar-refractivity contribution in [1.29, 1.82) is 0 Å². The van der Waals surface area contributed by atoms with Gasteiger partial charge in [0.2, 0.25) is 0 Å². The summed E-state index contributed by atoms with van der Waals surface area (Å²) in [6.07, 6.45) is -0.579. The summed E-state index contributed by atoms with van der Waals surface area (Å²) in [6, 6.07) is 9.48. The summed E-state index contributed by atoms with van der Waals surface area (Å²) in [6.45, 7) is 4.01. The number of amides is 1. The van der Waals surface area contributed by atoms with Crippen LogP contribution in [-0.4, -0.2) is 46.2 Å². The molecule has 2 aliphatic heterocycles. The number of likely N-dealkylation sites (tertiary alicyclic amines) is 1. The highest BCUT2D eigenvalue weighted by Crippen LogP contribution is 2.37. The molecule has 2 aliphatic rings. The molecule has 0 spiro atoms. The zero-order valence-electron chi connectivity index (χ0n) is 15.9. The second-order valence-electron chi connectivity index (χ2n) is 7.42. The van der Waals surface area contributed by atoms with Crippen LogP contribution in [0.5, 0.6) is 0 Å². The third kappa shape index (κ3) is 3.83. The number of halogens is 1. The molecule has 29 heavy (non-hydrogen) atoms. The van der Waals surface area contributed by atoms with E-state index in [0.717, 1.165) is 4.88 Å². The molecule has 2 aromatic rings. The van der Waals surface area contributed by atoms with Gasteiger partial charge in [0.25, 0.3) is 11.7 Å². The Morgan fingerprint density at radius 1 is 1.28 bits per heavy atom. The average molecular weight is 434 g/mol. The third-order valence-corrected chi connectivity index (χ3v) is 6.11. The standard InChI is InChI=1S/C21H20ClNO5S/c1-21(2)27-11-15(28-21)17-16(18(24)12-5-7-13(22)8-6-12)19(25)20(26)23(17)10-14-4-3-9-29-14/h3-9,15,17,24H,10-11H2,1-2H3/b18-16+. The number of ether oxygens (including phenoxy) is 2. The molecular formula is C21H20ClNO5S. The molecule has 6 nitrogen and oxygen atoms in total. The van der Waals surface area contributed by atoms with Crippen LogP contribution in [0.1, 0.15) is 24.3 Å². The molecule has 1 N–H and O–H groups in total. The molecule has 2 fully saturated rings. The molecule has 8 heteroatoms. The minimum Gasteiger partial charge on any atom is -0.507 e. The van der Waals surface area contributed by atoms with Crippen molar-refractivity contribution in [1.82, 2.24) is 4.90 Å². The molecule has 1 amide bonds. The maximum Gasteiger partial charge on any atom is 0.295 e. The van der Waals surface area contributed by atoms with Gasteiger partial charge in [-0.25, -0.2) is 0 Å². The Hall–Kier alpha value is -2.19.